The van der Waals surface area contributed by atoms with Gasteiger partial charge in [0.05, 0.1) is 11.8 Å². The molecular weight excluding hydrogens is 238 g/mol. The zero-order chi connectivity index (χ0) is 12.7. The lowest BCUT2D eigenvalue weighted by Crippen LogP contribution is -2.35. The number of hydrogen-bond acceptors (Lipinski definition) is 4. The van der Waals surface area contributed by atoms with Crippen LogP contribution in [0.2, 0.25) is 0 Å². The van der Waals surface area contributed by atoms with E-state index in [0.29, 0.717) is 5.69 Å². The van der Waals surface area contributed by atoms with E-state index in [-0.39, 0.29) is 6.54 Å². The topological polar surface area (TPSA) is 82.0 Å². The van der Waals surface area contributed by atoms with Gasteiger partial charge in [-0.25, -0.2) is 0 Å². The highest BCUT2D eigenvalue weighted by Gasteiger charge is 2.14. The Labute approximate surface area is 103 Å². The first-order valence-corrected chi connectivity index (χ1v) is 6.00. The van der Waals surface area contributed by atoms with Gasteiger partial charge in [-0.2, -0.15) is 5.26 Å². The SMILES string of the molecule is CSc1ccccc1NC(=O)C(=O)NCC#N. The van der Waals surface area contributed by atoms with Crippen LogP contribution in [0.1, 0.15) is 0 Å². The molecule has 0 aliphatic heterocycles. The summed E-state index contributed by atoms with van der Waals surface area (Å²) in [5, 5.41) is 12.9. The van der Waals surface area contributed by atoms with Crippen molar-refractivity contribution in [3.05, 3.63) is 24.3 Å². The fourth-order valence-electron chi connectivity index (χ4n) is 1.13. The smallest absolute Gasteiger partial charge is 0.313 e. The number of nitrogens with zero attached hydrogens (tertiary/aromatic N) is 1. The number of nitriles is 1. The number of amides is 2. The average molecular weight is 249 g/mol. The normalized spacial score (nSPS) is 9.18. The summed E-state index contributed by atoms with van der Waals surface area (Å²) >= 11 is 1.47. The molecule has 2 amide bonds. The molecule has 1 aromatic rings. The lowest BCUT2D eigenvalue weighted by atomic mass is 10.3. The van der Waals surface area contributed by atoms with Crippen LogP contribution in [0.5, 0.6) is 0 Å². The van der Waals surface area contributed by atoms with Crippen LogP contribution in [0, 0.1) is 11.3 Å². The van der Waals surface area contributed by atoms with Gasteiger partial charge in [0.15, 0.2) is 0 Å². The van der Waals surface area contributed by atoms with Gasteiger partial charge in [0.25, 0.3) is 0 Å². The number of para-hydroxylation sites is 1. The molecule has 1 rings (SSSR count). The summed E-state index contributed by atoms with van der Waals surface area (Å²) in [6.07, 6.45) is 1.88. The first kappa shape index (κ1) is 13.1. The summed E-state index contributed by atoms with van der Waals surface area (Å²) in [6, 6.07) is 8.89. The Balaban J connectivity index is 2.68. The Kier molecular flexibility index (Phi) is 5.04. The third-order valence-electron chi connectivity index (χ3n) is 1.89. The van der Waals surface area contributed by atoms with Crippen LogP contribution in [-0.4, -0.2) is 24.6 Å². The monoisotopic (exact) mass is 249 g/mol. The summed E-state index contributed by atoms with van der Waals surface area (Å²) < 4.78 is 0. The minimum absolute atomic E-state index is 0.184. The molecule has 2 N–H and O–H groups in total. The quantitative estimate of drug-likeness (QED) is 0.475. The fraction of sp³-hybridized carbons (Fsp3) is 0.182. The highest BCUT2D eigenvalue weighted by atomic mass is 32.2. The van der Waals surface area contributed by atoms with E-state index < -0.39 is 11.8 Å². The molecule has 1 aromatic carbocycles. The molecule has 0 unspecified atom stereocenters. The highest BCUT2D eigenvalue weighted by molar-refractivity contribution is 7.98. The van der Waals surface area contributed by atoms with E-state index in [2.05, 4.69) is 10.6 Å². The van der Waals surface area contributed by atoms with Crippen LogP contribution in [-0.2, 0) is 9.59 Å². The molecule has 6 heteroatoms. The average Bonchev–Trinajstić information content (AvgIpc) is 2.36. The molecule has 0 heterocycles. The maximum atomic E-state index is 11.4. The largest absolute Gasteiger partial charge is 0.335 e. The molecule has 5 nitrogen and oxygen atoms in total. The van der Waals surface area contributed by atoms with E-state index in [1.165, 1.54) is 11.8 Å². The first-order chi connectivity index (χ1) is 8.19. The van der Waals surface area contributed by atoms with E-state index in [9.17, 15) is 9.59 Å². The maximum absolute atomic E-state index is 11.4. The van der Waals surface area contributed by atoms with Gasteiger partial charge in [-0.05, 0) is 18.4 Å². The molecule has 0 radical (unpaired) electrons. The van der Waals surface area contributed by atoms with E-state index in [4.69, 9.17) is 5.26 Å². The minimum atomic E-state index is -0.817. The molecule has 0 aromatic heterocycles. The molecule has 0 atom stereocenters. The zero-order valence-corrected chi connectivity index (χ0v) is 10.0. The van der Waals surface area contributed by atoms with E-state index in [1.54, 1.807) is 18.2 Å². The third kappa shape index (κ3) is 3.81. The van der Waals surface area contributed by atoms with Crippen LogP contribution in [0.3, 0.4) is 0 Å². The van der Waals surface area contributed by atoms with E-state index in [1.807, 2.05) is 18.4 Å². The molecule has 0 aliphatic rings. The number of rotatable bonds is 3. The van der Waals surface area contributed by atoms with E-state index in [0.717, 1.165) is 4.90 Å². The lowest BCUT2D eigenvalue weighted by molar-refractivity contribution is -0.136. The Bertz CT molecular complexity index is 468. The second-order valence-corrected chi connectivity index (χ2v) is 3.84. The number of carbonyl (C=O) groups is 2. The number of anilines is 1. The number of thioether (sulfide) groups is 1. The van der Waals surface area contributed by atoms with E-state index >= 15 is 0 Å². The van der Waals surface area contributed by atoms with Crippen molar-refractivity contribution in [3.63, 3.8) is 0 Å². The molecule has 0 aliphatic carbocycles. The van der Waals surface area contributed by atoms with Crippen molar-refractivity contribution in [1.82, 2.24) is 5.32 Å². The molecule has 0 saturated heterocycles. The van der Waals surface area contributed by atoms with Gasteiger partial charge in [0.1, 0.15) is 6.54 Å². The zero-order valence-electron chi connectivity index (χ0n) is 9.19. The second kappa shape index (κ2) is 6.55. The first-order valence-electron chi connectivity index (χ1n) is 4.78. The Morgan fingerprint density at radius 1 is 1.35 bits per heavy atom. The predicted octanol–water partition coefficient (Wildman–Crippen LogP) is 0.987. The molecular formula is C11H11N3O2S. The van der Waals surface area contributed by atoms with Crippen molar-refractivity contribution >= 4 is 29.3 Å². The summed E-state index contributed by atoms with van der Waals surface area (Å²) in [6.45, 7) is -0.184. The van der Waals surface area contributed by atoms with Crippen LogP contribution in [0.4, 0.5) is 5.69 Å². The molecule has 17 heavy (non-hydrogen) atoms. The second-order valence-electron chi connectivity index (χ2n) is 3.00. The summed E-state index contributed by atoms with van der Waals surface area (Å²) in [5.74, 6) is -1.59. The summed E-state index contributed by atoms with van der Waals surface area (Å²) in [7, 11) is 0. The van der Waals surface area contributed by atoms with Crippen molar-refractivity contribution in [2.45, 2.75) is 4.90 Å². The van der Waals surface area contributed by atoms with Gasteiger partial charge in [-0.15, -0.1) is 11.8 Å². The van der Waals surface area contributed by atoms with Gasteiger partial charge in [-0.1, -0.05) is 12.1 Å². The third-order valence-corrected chi connectivity index (χ3v) is 2.69. The van der Waals surface area contributed by atoms with Crippen LogP contribution in [0.25, 0.3) is 0 Å². The maximum Gasteiger partial charge on any atom is 0.313 e. The van der Waals surface area contributed by atoms with Crippen LogP contribution >= 0.6 is 11.8 Å². The molecule has 88 valence electrons. The Morgan fingerprint density at radius 2 is 2.06 bits per heavy atom. The van der Waals surface area contributed by atoms with Gasteiger partial charge in [0, 0.05) is 4.90 Å². The summed E-state index contributed by atoms with van der Waals surface area (Å²) in [5.41, 5.74) is 0.581. The van der Waals surface area contributed by atoms with Crippen LogP contribution < -0.4 is 10.6 Å². The van der Waals surface area contributed by atoms with Gasteiger partial charge < -0.3 is 10.6 Å². The molecule has 0 saturated carbocycles. The van der Waals surface area contributed by atoms with Gasteiger partial charge >= 0.3 is 11.8 Å². The van der Waals surface area contributed by atoms with Crippen molar-refractivity contribution < 1.29 is 9.59 Å². The minimum Gasteiger partial charge on any atom is -0.335 e. The van der Waals surface area contributed by atoms with Gasteiger partial charge in [0.2, 0.25) is 0 Å². The van der Waals surface area contributed by atoms with Crippen molar-refractivity contribution in [3.8, 4) is 6.07 Å². The predicted molar refractivity (Wildman–Crippen MR) is 65.5 cm³/mol. The number of benzene rings is 1. The van der Waals surface area contributed by atoms with Crippen molar-refractivity contribution in [1.29, 1.82) is 5.26 Å². The Morgan fingerprint density at radius 3 is 2.71 bits per heavy atom. The van der Waals surface area contributed by atoms with Crippen molar-refractivity contribution in [2.75, 3.05) is 18.1 Å². The standard InChI is InChI=1S/C11H11N3O2S/c1-17-9-5-3-2-4-8(9)14-11(16)10(15)13-7-6-12/h2-5H,7H2,1H3,(H,13,15)(H,14,16). The molecule has 0 fully saturated rings. The molecule has 0 spiro atoms. The molecule has 0 bridgehead atoms. The number of nitrogens with one attached hydrogen (secondary N) is 2. The van der Waals surface area contributed by atoms with Gasteiger partial charge in [-0.3, -0.25) is 9.59 Å². The Hall–Kier alpha value is -2.00. The summed E-state index contributed by atoms with van der Waals surface area (Å²) in [4.78, 5) is 23.5. The fourth-order valence-corrected chi connectivity index (χ4v) is 1.68. The number of hydrogen-bond donors (Lipinski definition) is 2. The number of carbonyl (C=O) groups excluding carboxylic acids is 2. The van der Waals surface area contributed by atoms with Crippen molar-refractivity contribution in [2.24, 2.45) is 0 Å². The van der Waals surface area contributed by atoms with Crippen LogP contribution in [0.15, 0.2) is 29.2 Å². The lowest BCUT2D eigenvalue weighted by Gasteiger charge is -2.08. The highest BCUT2D eigenvalue weighted by Crippen LogP contribution is 2.24.